The van der Waals surface area contributed by atoms with E-state index in [1.807, 2.05) is 0 Å². The minimum absolute atomic E-state index is 0.00909. The number of carbonyl (C=O) groups excluding carboxylic acids is 1. The molecule has 0 saturated carbocycles. The van der Waals surface area contributed by atoms with E-state index in [-0.39, 0.29) is 24.2 Å². The molecule has 5 nitrogen and oxygen atoms in total. The van der Waals surface area contributed by atoms with Gasteiger partial charge in [0.1, 0.15) is 6.04 Å². The Bertz CT molecular complexity index is 313. The second-order valence-electron chi connectivity index (χ2n) is 5.99. The van der Waals surface area contributed by atoms with E-state index in [1.54, 1.807) is 11.9 Å². The molecule has 5 heteroatoms. The van der Waals surface area contributed by atoms with Gasteiger partial charge >= 0.3 is 0 Å². The lowest BCUT2D eigenvalue weighted by atomic mass is 9.94. The lowest BCUT2D eigenvalue weighted by molar-refractivity contribution is -0.152. The summed E-state index contributed by atoms with van der Waals surface area (Å²) in [7, 11) is 1.80. The average Bonchev–Trinajstić information content (AvgIpc) is 2.79. The van der Waals surface area contributed by atoms with E-state index in [2.05, 4.69) is 18.7 Å². The van der Waals surface area contributed by atoms with Gasteiger partial charge in [-0.3, -0.25) is 9.69 Å². The standard InChI is InChI=1S/C13H24N2O3/c1-13(2)9-14(3)12(17)11(8-16)15(13)7-10-5-4-6-18-10/h10-11,16H,4-9H2,1-3H3. The molecule has 2 saturated heterocycles. The van der Waals surface area contributed by atoms with Crippen molar-refractivity contribution in [3.05, 3.63) is 0 Å². The highest BCUT2D eigenvalue weighted by Crippen LogP contribution is 2.27. The summed E-state index contributed by atoms with van der Waals surface area (Å²) in [6.07, 6.45) is 2.35. The van der Waals surface area contributed by atoms with Crippen LogP contribution in [0.2, 0.25) is 0 Å². The highest BCUT2D eigenvalue weighted by molar-refractivity contribution is 5.83. The number of aliphatic hydroxyl groups is 1. The number of likely N-dealkylation sites (N-methyl/N-ethyl adjacent to an activating group) is 1. The Kier molecular flexibility index (Phi) is 3.94. The van der Waals surface area contributed by atoms with Crippen molar-refractivity contribution in [3.63, 3.8) is 0 Å². The number of amides is 1. The number of carbonyl (C=O) groups is 1. The first-order chi connectivity index (χ1) is 8.45. The molecule has 2 aliphatic rings. The van der Waals surface area contributed by atoms with Gasteiger partial charge in [0.25, 0.3) is 0 Å². The molecule has 2 rings (SSSR count). The molecular weight excluding hydrogens is 232 g/mol. The van der Waals surface area contributed by atoms with Crippen LogP contribution in [0, 0.1) is 0 Å². The Morgan fingerprint density at radius 2 is 2.22 bits per heavy atom. The summed E-state index contributed by atoms with van der Waals surface area (Å²) in [6, 6.07) is -0.428. The zero-order valence-electron chi connectivity index (χ0n) is 11.6. The van der Waals surface area contributed by atoms with Crippen molar-refractivity contribution < 1.29 is 14.6 Å². The summed E-state index contributed by atoms with van der Waals surface area (Å²) in [4.78, 5) is 15.9. The maximum absolute atomic E-state index is 12.1. The molecule has 2 aliphatic heterocycles. The number of hydrogen-bond donors (Lipinski definition) is 1. The van der Waals surface area contributed by atoms with Crippen LogP contribution in [0.4, 0.5) is 0 Å². The van der Waals surface area contributed by atoms with Gasteiger partial charge in [-0.2, -0.15) is 0 Å². The van der Waals surface area contributed by atoms with Gasteiger partial charge in [0.05, 0.1) is 12.7 Å². The highest BCUT2D eigenvalue weighted by atomic mass is 16.5. The highest BCUT2D eigenvalue weighted by Gasteiger charge is 2.44. The van der Waals surface area contributed by atoms with Crippen LogP contribution in [0.5, 0.6) is 0 Å². The predicted molar refractivity (Wildman–Crippen MR) is 68.3 cm³/mol. The normalized spacial score (nSPS) is 33.1. The summed E-state index contributed by atoms with van der Waals surface area (Å²) >= 11 is 0. The van der Waals surface area contributed by atoms with Gasteiger partial charge < -0.3 is 14.7 Å². The molecule has 18 heavy (non-hydrogen) atoms. The smallest absolute Gasteiger partial charge is 0.242 e. The summed E-state index contributed by atoms with van der Waals surface area (Å²) in [6.45, 7) is 6.35. The fraction of sp³-hybridized carbons (Fsp3) is 0.923. The lowest BCUT2D eigenvalue weighted by Gasteiger charge is -2.50. The molecule has 0 bridgehead atoms. The van der Waals surface area contributed by atoms with E-state index >= 15 is 0 Å². The molecule has 2 heterocycles. The molecule has 0 aliphatic carbocycles. The Morgan fingerprint density at radius 3 is 2.78 bits per heavy atom. The van der Waals surface area contributed by atoms with E-state index in [0.717, 1.165) is 26.0 Å². The van der Waals surface area contributed by atoms with Gasteiger partial charge in [-0.05, 0) is 26.7 Å². The SMILES string of the molecule is CN1CC(C)(C)N(CC2CCCO2)C(CO)C1=O. The third-order valence-electron chi connectivity index (χ3n) is 4.04. The van der Waals surface area contributed by atoms with Crippen LogP contribution < -0.4 is 0 Å². The van der Waals surface area contributed by atoms with Gasteiger partial charge in [0, 0.05) is 32.3 Å². The third-order valence-corrected chi connectivity index (χ3v) is 4.04. The second kappa shape index (κ2) is 5.15. The quantitative estimate of drug-likeness (QED) is 0.777. The van der Waals surface area contributed by atoms with Crippen molar-refractivity contribution >= 4 is 5.91 Å². The van der Waals surface area contributed by atoms with E-state index in [4.69, 9.17) is 4.74 Å². The zero-order valence-corrected chi connectivity index (χ0v) is 11.6. The summed E-state index contributed by atoms with van der Waals surface area (Å²) < 4.78 is 5.66. The number of rotatable bonds is 3. The first-order valence-corrected chi connectivity index (χ1v) is 6.70. The molecule has 0 aromatic heterocycles. The van der Waals surface area contributed by atoms with Crippen molar-refractivity contribution in [2.75, 3.05) is 33.4 Å². The molecule has 0 aromatic rings. The maximum atomic E-state index is 12.1. The minimum Gasteiger partial charge on any atom is -0.394 e. The Labute approximate surface area is 109 Å². The Hall–Kier alpha value is -0.650. The Balaban J connectivity index is 2.13. The van der Waals surface area contributed by atoms with E-state index in [0.29, 0.717) is 6.54 Å². The van der Waals surface area contributed by atoms with Gasteiger partial charge in [0.2, 0.25) is 5.91 Å². The predicted octanol–water partition coefficient (Wildman–Crippen LogP) is 0.0789. The van der Waals surface area contributed by atoms with Crippen LogP contribution in [0.1, 0.15) is 26.7 Å². The number of piperazine rings is 1. The van der Waals surface area contributed by atoms with E-state index in [1.165, 1.54) is 0 Å². The number of aliphatic hydroxyl groups excluding tert-OH is 1. The fourth-order valence-electron chi connectivity index (χ4n) is 3.12. The first-order valence-electron chi connectivity index (χ1n) is 6.70. The van der Waals surface area contributed by atoms with Crippen LogP contribution in [0.25, 0.3) is 0 Å². The topological polar surface area (TPSA) is 53.0 Å². The van der Waals surface area contributed by atoms with Gasteiger partial charge in [-0.25, -0.2) is 0 Å². The third kappa shape index (κ3) is 2.53. The number of nitrogens with zero attached hydrogens (tertiary/aromatic N) is 2. The number of hydrogen-bond acceptors (Lipinski definition) is 4. The Morgan fingerprint density at radius 1 is 1.50 bits per heavy atom. The molecule has 2 unspecified atom stereocenters. The van der Waals surface area contributed by atoms with Crippen molar-refractivity contribution in [1.29, 1.82) is 0 Å². The molecule has 2 atom stereocenters. The fourth-order valence-corrected chi connectivity index (χ4v) is 3.12. The molecular formula is C13H24N2O3. The van der Waals surface area contributed by atoms with Crippen molar-refractivity contribution in [3.8, 4) is 0 Å². The van der Waals surface area contributed by atoms with Crippen LogP contribution in [0.15, 0.2) is 0 Å². The van der Waals surface area contributed by atoms with Crippen LogP contribution in [-0.4, -0.2) is 71.8 Å². The zero-order chi connectivity index (χ0) is 13.3. The summed E-state index contributed by atoms with van der Waals surface area (Å²) in [5.41, 5.74) is -0.123. The van der Waals surface area contributed by atoms with Gasteiger partial charge in [-0.15, -0.1) is 0 Å². The molecule has 0 spiro atoms. The average molecular weight is 256 g/mol. The van der Waals surface area contributed by atoms with Crippen LogP contribution in [-0.2, 0) is 9.53 Å². The van der Waals surface area contributed by atoms with Crippen LogP contribution in [0.3, 0.4) is 0 Å². The van der Waals surface area contributed by atoms with Crippen molar-refractivity contribution in [1.82, 2.24) is 9.80 Å². The van der Waals surface area contributed by atoms with Gasteiger partial charge in [-0.1, -0.05) is 0 Å². The number of ether oxygens (including phenoxy) is 1. The maximum Gasteiger partial charge on any atom is 0.242 e. The van der Waals surface area contributed by atoms with E-state index < -0.39 is 6.04 Å². The molecule has 1 N–H and O–H groups in total. The molecule has 0 aromatic carbocycles. The van der Waals surface area contributed by atoms with Crippen molar-refractivity contribution in [2.45, 2.75) is 44.4 Å². The van der Waals surface area contributed by atoms with E-state index in [9.17, 15) is 9.90 Å². The first kappa shape index (κ1) is 13.8. The van der Waals surface area contributed by atoms with Crippen molar-refractivity contribution in [2.24, 2.45) is 0 Å². The molecule has 1 amide bonds. The summed E-state index contributed by atoms with van der Waals surface area (Å²) in [5, 5.41) is 9.53. The lowest BCUT2D eigenvalue weighted by Crippen LogP contribution is -2.67. The monoisotopic (exact) mass is 256 g/mol. The largest absolute Gasteiger partial charge is 0.394 e. The second-order valence-corrected chi connectivity index (χ2v) is 5.99. The molecule has 0 radical (unpaired) electrons. The van der Waals surface area contributed by atoms with Crippen LogP contribution >= 0.6 is 0 Å². The molecule has 2 fully saturated rings. The molecule has 104 valence electrons. The van der Waals surface area contributed by atoms with Gasteiger partial charge in [0.15, 0.2) is 0 Å². The minimum atomic E-state index is -0.428. The summed E-state index contributed by atoms with van der Waals surface area (Å²) in [5.74, 6) is 0.00909.